The minimum Gasteiger partial charge on any atom is -0.466 e. The van der Waals surface area contributed by atoms with Crippen molar-refractivity contribution in [3.8, 4) is 5.75 Å². The zero-order valence-electron chi connectivity index (χ0n) is 17.1. The largest absolute Gasteiger partial charge is 0.466 e. The van der Waals surface area contributed by atoms with Gasteiger partial charge in [0.05, 0.1) is 18.6 Å². The molecule has 0 aromatic heterocycles. The smallest absolute Gasteiger partial charge is 0.343 e. The van der Waals surface area contributed by atoms with Crippen LogP contribution < -0.4 is 4.74 Å². The Morgan fingerprint density at radius 3 is 2.43 bits per heavy atom. The molecular weight excluding hydrogens is 376 g/mol. The first-order valence-electron chi connectivity index (χ1n) is 9.45. The molecule has 28 heavy (non-hydrogen) atoms. The molecule has 0 fully saturated rings. The summed E-state index contributed by atoms with van der Waals surface area (Å²) in [4.78, 5) is 24.7. The van der Waals surface area contributed by atoms with Crippen LogP contribution in [0.1, 0.15) is 61.2 Å². The molecule has 0 heterocycles. The lowest BCUT2D eigenvalue weighted by Crippen LogP contribution is -2.19. The number of benzene rings is 2. The average molecular weight is 403 g/mol. The number of rotatable bonds is 7. The molecule has 0 aliphatic heterocycles. The molecule has 4 nitrogen and oxygen atoms in total. The topological polar surface area (TPSA) is 52.6 Å². The van der Waals surface area contributed by atoms with Crippen molar-refractivity contribution in [2.75, 3.05) is 6.61 Å². The highest BCUT2D eigenvalue weighted by molar-refractivity contribution is 6.30. The van der Waals surface area contributed by atoms with Crippen molar-refractivity contribution < 1.29 is 19.1 Å². The number of ether oxygens (including phenoxy) is 2. The van der Waals surface area contributed by atoms with Gasteiger partial charge >= 0.3 is 11.9 Å². The fraction of sp³-hybridized carbons (Fsp3) is 0.391. The van der Waals surface area contributed by atoms with Crippen LogP contribution in [0.4, 0.5) is 0 Å². The first-order valence-corrected chi connectivity index (χ1v) is 9.83. The van der Waals surface area contributed by atoms with E-state index in [1.165, 1.54) is 0 Å². The van der Waals surface area contributed by atoms with Gasteiger partial charge in [0.2, 0.25) is 0 Å². The van der Waals surface area contributed by atoms with Crippen LogP contribution in [0.25, 0.3) is 0 Å². The molecule has 0 amide bonds. The molecule has 150 valence electrons. The van der Waals surface area contributed by atoms with Crippen LogP contribution in [0.15, 0.2) is 36.4 Å². The van der Waals surface area contributed by atoms with Gasteiger partial charge in [-0.05, 0) is 55.0 Å². The van der Waals surface area contributed by atoms with E-state index >= 15 is 0 Å². The lowest BCUT2D eigenvalue weighted by atomic mass is 9.80. The molecule has 2 rings (SSSR count). The van der Waals surface area contributed by atoms with Crippen molar-refractivity contribution in [1.82, 2.24) is 0 Å². The molecular formula is C23H27ClO4. The number of hydrogen-bond acceptors (Lipinski definition) is 4. The number of aryl methyl sites for hydroxylation is 1. The maximum absolute atomic E-state index is 12.6. The highest BCUT2D eigenvalue weighted by Gasteiger charge is 2.24. The Kier molecular flexibility index (Phi) is 7.25. The van der Waals surface area contributed by atoms with Crippen molar-refractivity contribution in [1.29, 1.82) is 0 Å². The summed E-state index contributed by atoms with van der Waals surface area (Å²) in [5.41, 5.74) is 2.82. The van der Waals surface area contributed by atoms with E-state index in [1.807, 2.05) is 19.1 Å². The number of halogens is 1. The molecule has 0 saturated carbocycles. The SMILES string of the molecule is CCOC(=O)Cc1cc(C(C)(C)CC)cc(C)c1OC(=O)c1cccc(Cl)c1. The molecule has 0 N–H and O–H groups in total. The molecule has 5 heteroatoms. The monoisotopic (exact) mass is 402 g/mol. The number of carbonyl (C=O) groups excluding carboxylic acids is 2. The Morgan fingerprint density at radius 2 is 1.82 bits per heavy atom. The Balaban J connectivity index is 2.45. The average Bonchev–Trinajstić information content (AvgIpc) is 2.64. The standard InChI is InChI=1S/C23H27ClO4/c1-6-23(4,5)18-11-15(3)21(17(12-18)14-20(25)27-7-2)28-22(26)16-9-8-10-19(24)13-16/h8-13H,6-7,14H2,1-5H3. The molecule has 2 aromatic rings. The third-order valence-corrected chi connectivity index (χ3v) is 5.15. The van der Waals surface area contributed by atoms with E-state index in [2.05, 4.69) is 20.8 Å². The van der Waals surface area contributed by atoms with Crippen molar-refractivity contribution >= 4 is 23.5 Å². The second kappa shape index (κ2) is 9.24. The zero-order valence-corrected chi connectivity index (χ0v) is 17.9. The normalized spacial score (nSPS) is 11.2. The van der Waals surface area contributed by atoms with Crippen LogP contribution in [0.3, 0.4) is 0 Å². The van der Waals surface area contributed by atoms with Crippen LogP contribution in [0, 0.1) is 6.92 Å². The third-order valence-electron chi connectivity index (χ3n) is 4.91. The number of hydrogen-bond donors (Lipinski definition) is 0. The summed E-state index contributed by atoms with van der Waals surface area (Å²) in [6, 6.07) is 10.5. The van der Waals surface area contributed by atoms with Gasteiger partial charge in [-0.1, -0.05) is 50.6 Å². The van der Waals surface area contributed by atoms with E-state index in [0.717, 1.165) is 17.5 Å². The van der Waals surface area contributed by atoms with Gasteiger partial charge in [0.15, 0.2) is 0 Å². The van der Waals surface area contributed by atoms with E-state index in [0.29, 0.717) is 28.5 Å². The Morgan fingerprint density at radius 1 is 1.11 bits per heavy atom. The summed E-state index contributed by atoms with van der Waals surface area (Å²) < 4.78 is 10.8. The fourth-order valence-electron chi connectivity index (χ4n) is 2.85. The molecule has 0 saturated heterocycles. The minimum absolute atomic E-state index is 0.0421. The summed E-state index contributed by atoms with van der Waals surface area (Å²) >= 11 is 5.98. The second-order valence-corrected chi connectivity index (χ2v) is 7.84. The molecule has 0 aliphatic carbocycles. The molecule has 0 bridgehead atoms. The predicted molar refractivity (Wildman–Crippen MR) is 111 cm³/mol. The first-order chi connectivity index (χ1) is 13.2. The van der Waals surface area contributed by atoms with Gasteiger partial charge in [0, 0.05) is 10.6 Å². The lowest BCUT2D eigenvalue weighted by Gasteiger charge is -2.26. The maximum atomic E-state index is 12.6. The van der Waals surface area contributed by atoms with Gasteiger partial charge in [-0.15, -0.1) is 0 Å². The number of carbonyl (C=O) groups is 2. The molecule has 0 spiro atoms. The zero-order chi connectivity index (χ0) is 20.9. The fourth-order valence-corrected chi connectivity index (χ4v) is 3.04. The van der Waals surface area contributed by atoms with Crippen molar-refractivity contribution in [2.45, 2.75) is 52.9 Å². The van der Waals surface area contributed by atoms with Crippen molar-refractivity contribution in [3.63, 3.8) is 0 Å². The van der Waals surface area contributed by atoms with Gasteiger partial charge in [-0.3, -0.25) is 4.79 Å². The van der Waals surface area contributed by atoms with Crippen LogP contribution in [-0.4, -0.2) is 18.5 Å². The van der Waals surface area contributed by atoms with Crippen LogP contribution in [-0.2, 0) is 21.4 Å². The minimum atomic E-state index is -0.516. The quantitative estimate of drug-likeness (QED) is 0.443. The van der Waals surface area contributed by atoms with E-state index < -0.39 is 5.97 Å². The first kappa shape index (κ1) is 22.0. The van der Waals surface area contributed by atoms with Crippen LogP contribution >= 0.6 is 11.6 Å². The second-order valence-electron chi connectivity index (χ2n) is 7.40. The van der Waals surface area contributed by atoms with E-state index in [4.69, 9.17) is 21.1 Å². The molecule has 0 atom stereocenters. The Labute approximate surface area is 171 Å². The summed E-state index contributed by atoms with van der Waals surface area (Å²) in [6.45, 7) is 10.4. The maximum Gasteiger partial charge on any atom is 0.343 e. The van der Waals surface area contributed by atoms with E-state index in [-0.39, 0.29) is 17.8 Å². The lowest BCUT2D eigenvalue weighted by molar-refractivity contribution is -0.142. The number of esters is 2. The van der Waals surface area contributed by atoms with E-state index in [9.17, 15) is 9.59 Å². The third kappa shape index (κ3) is 5.35. The van der Waals surface area contributed by atoms with Gasteiger partial charge in [-0.25, -0.2) is 4.79 Å². The van der Waals surface area contributed by atoms with Crippen LogP contribution in [0.2, 0.25) is 5.02 Å². The van der Waals surface area contributed by atoms with Crippen molar-refractivity contribution in [3.05, 3.63) is 63.7 Å². The van der Waals surface area contributed by atoms with Gasteiger partial charge in [0.1, 0.15) is 5.75 Å². The molecule has 2 aromatic carbocycles. The van der Waals surface area contributed by atoms with Gasteiger partial charge in [-0.2, -0.15) is 0 Å². The molecule has 0 radical (unpaired) electrons. The molecule has 0 aliphatic rings. The Bertz CT molecular complexity index is 871. The van der Waals surface area contributed by atoms with Gasteiger partial charge in [0.25, 0.3) is 0 Å². The molecule has 0 unspecified atom stereocenters. The highest BCUT2D eigenvalue weighted by Crippen LogP contribution is 2.34. The van der Waals surface area contributed by atoms with Crippen molar-refractivity contribution in [2.24, 2.45) is 0 Å². The predicted octanol–water partition coefficient (Wildman–Crippen LogP) is 5.66. The highest BCUT2D eigenvalue weighted by atomic mass is 35.5. The van der Waals surface area contributed by atoms with Gasteiger partial charge < -0.3 is 9.47 Å². The van der Waals surface area contributed by atoms with E-state index in [1.54, 1.807) is 31.2 Å². The Hall–Kier alpha value is -2.33. The summed E-state index contributed by atoms with van der Waals surface area (Å²) in [7, 11) is 0. The summed E-state index contributed by atoms with van der Waals surface area (Å²) in [5.74, 6) is -0.472. The summed E-state index contributed by atoms with van der Waals surface area (Å²) in [5, 5.41) is 0.456. The van der Waals surface area contributed by atoms with Crippen LogP contribution in [0.5, 0.6) is 5.75 Å². The summed E-state index contributed by atoms with van der Waals surface area (Å²) in [6.07, 6.45) is 0.980.